The molecule has 3 aromatic rings. The largest absolute Gasteiger partial charge is 0.497 e. The first kappa shape index (κ1) is 19.6. The Balaban J connectivity index is 1.26. The third-order valence-corrected chi connectivity index (χ3v) is 5.98. The number of nitrogens with zero attached hydrogens (tertiary/aromatic N) is 1. The summed E-state index contributed by atoms with van der Waals surface area (Å²) in [6.45, 7) is 2.92. The van der Waals surface area contributed by atoms with E-state index >= 15 is 0 Å². The molecule has 4 rings (SSSR count). The number of piperidine rings is 1. The molecule has 2 heterocycles. The van der Waals surface area contributed by atoms with E-state index in [4.69, 9.17) is 4.74 Å². The lowest BCUT2D eigenvalue weighted by atomic mass is 9.89. The highest BCUT2D eigenvalue weighted by molar-refractivity contribution is 5.97. The smallest absolute Gasteiger partial charge is 0.166 e. The number of aromatic amines is 1. The number of nitrogens with one attached hydrogen (secondary N) is 1. The second-order valence-corrected chi connectivity index (χ2v) is 7.82. The van der Waals surface area contributed by atoms with Gasteiger partial charge in [0.05, 0.1) is 7.11 Å². The second-order valence-electron chi connectivity index (χ2n) is 7.82. The highest BCUT2D eigenvalue weighted by Gasteiger charge is 2.25. The number of aryl methyl sites for hydroxylation is 1. The van der Waals surface area contributed by atoms with Crippen molar-refractivity contribution in [1.82, 2.24) is 9.88 Å². The molecule has 0 unspecified atom stereocenters. The fourth-order valence-electron chi connectivity index (χ4n) is 4.25. The number of ether oxygens (including phenoxy) is 1. The van der Waals surface area contributed by atoms with E-state index in [0.29, 0.717) is 5.56 Å². The molecule has 0 spiro atoms. The molecule has 1 aliphatic rings. The number of carbonyl (C=O) groups excluding carboxylic acids is 1. The maximum atomic E-state index is 13.1. The lowest BCUT2D eigenvalue weighted by molar-refractivity contribution is 0.0839. The monoisotopic (exact) mass is 394 g/mol. The number of hydrogen-bond donors (Lipinski definition) is 1. The van der Waals surface area contributed by atoms with Crippen LogP contribution < -0.4 is 4.74 Å². The van der Waals surface area contributed by atoms with Crippen molar-refractivity contribution in [2.45, 2.75) is 25.7 Å². The Bertz CT molecular complexity index is 972. The predicted octanol–water partition coefficient (Wildman–Crippen LogP) is 4.84. The van der Waals surface area contributed by atoms with Crippen molar-refractivity contribution >= 4 is 16.7 Å². The van der Waals surface area contributed by atoms with E-state index in [0.717, 1.165) is 56.6 Å². The molecule has 5 heteroatoms. The summed E-state index contributed by atoms with van der Waals surface area (Å²) in [7, 11) is 1.69. The van der Waals surface area contributed by atoms with Crippen LogP contribution in [-0.4, -0.2) is 42.4 Å². The number of carbonyl (C=O) groups is 1. The molecule has 1 aromatic heterocycles. The van der Waals surface area contributed by atoms with Gasteiger partial charge in [0.25, 0.3) is 0 Å². The van der Waals surface area contributed by atoms with Crippen LogP contribution in [0.15, 0.2) is 48.7 Å². The molecule has 0 aliphatic carbocycles. The van der Waals surface area contributed by atoms with E-state index in [1.807, 2.05) is 6.07 Å². The molecule has 152 valence electrons. The summed E-state index contributed by atoms with van der Waals surface area (Å²) in [6.07, 6.45) is 5.95. The number of rotatable bonds is 7. The van der Waals surface area contributed by atoms with E-state index in [-0.39, 0.29) is 17.5 Å². The van der Waals surface area contributed by atoms with E-state index in [1.165, 1.54) is 23.1 Å². The Kier molecular flexibility index (Phi) is 5.95. The van der Waals surface area contributed by atoms with Gasteiger partial charge < -0.3 is 14.6 Å². The Morgan fingerprint density at radius 1 is 1.17 bits per heavy atom. The van der Waals surface area contributed by atoms with E-state index in [9.17, 15) is 9.18 Å². The van der Waals surface area contributed by atoms with Crippen LogP contribution in [-0.2, 0) is 6.42 Å². The van der Waals surface area contributed by atoms with Crippen LogP contribution in [0.4, 0.5) is 4.39 Å². The van der Waals surface area contributed by atoms with Gasteiger partial charge in [0.2, 0.25) is 0 Å². The number of fused-ring (bicyclic) bond motifs is 1. The molecule has 0 bridgehead atoms. The summed E-state index contributed by atoms with van der Waals surface area (Å²) in [4.78, 5) is 18.4. The maximum Gasteiger partial charge on any atom is 0.166 e. The van der Waals surface area contributed by atoms with Crippen molar-refractivity contribution in [3.05, 3.63) is 65.6 Å². The van der Waals surface area contributed by atoms with Crippen molar-refractivity contribution in [3.63, 3.8) is 0 Å². The number of hydrogen-bond acceptors (Lipinski definition) is 3. The average Bonchev–Trinajstić information content (AvgIpc) is 3.16. The van der Waals surface area contributed by atoms with Crippen LogP contribution in [0.3, 0.4) is 0 Å². The molecule has 0 atom stereocenters. The first-order valence-electron chi connectivity index (χ1n) is 10.3. The van der Waals surface area contributed by atoms with Gasteiger partial charge in [0.1, 0.15) is 11.6 Å². The average molecular weight is 394 g/mol. The molecular weight excluding hydrogens is 367 g/mol. The first-order chi connectivity index (χ1) is 14.1. The molecule has 2 aromatic carbocycles. The van der Waals surface area contributed by atoms with Crippen LogP contribution in [0.25, 0.3) is 10.9 Å². The number of ketones is 1. The van der Waals surface area contributed by atoms with Crippen LogP contribution in [0.2, 0.25) is 0 Å². The number of aromatic nitrogens is 1. The quantitative estimate of drug-likeness (QED) is 0.583. The van der Waals surface area contributed by atoms with E-state index in [2.05, 4.69) is 28.2 Å². The van der Waals surface area contributed by atoms with Gasteiger partial charge >= 0.3 is 0 Å². The molecule has 0 saturated carbocycles. The van der Waals surface area contributed by atoms with E-state index < -0.39 is 0 Å². The van der Waals surface area contributed by atoms with Crippen molar-refractivity contribution < 1.29 is 13.9 Å². The van der Waals surface area contributed by atoms with Crippen LogP contribution in [0.5, 0.6) is 5.75 Å². The first-order valence-corrected chi connectivity index (χ1v) is 10.3. The van der Waals surface area contributed by atoms with Crippen LogP contribution in [0.1, 0.15) is 35.2 Å². The SMILES string of the molecule is COc1ccc2[nH]cc(CCCN3CCC(C(=O)c4ccc(F)cc4)CC3)c2c1. The van der Waals surface area contributed by atoms with Crippen LogP contribution in [0, 0.1) is 11.7 Å². The third-order valence-electron chi connectivity index (χ3n) is 5.98. The van der Waals surface area contributed by atoms with Gasteiger partial charge in [-0.05, 0) is 93.3 Å². The van der Waals surface area contributed by atoms with Gasteiger partial charge in [-0.3, -0.25) is 4.79 Å². The summed E-state index contributed by atoms with van der Waals surface area (Å²) < 4.78 is 18.4. The number of benzene rings is 2. The summed E-state index contributed by atoms with van der Waals surface area (Å²) in [5.74, 6) is 0.784. The van der Waals surface area contributed by atoms with Gasteiger partial charge in [-0.2, -0.15) is 0 Å². The normalized spacial score (nSPS) is 15.7. The van der Waals surface area contributed by atoms with Crippen LogP contribution >= 0.6 is 0 Å². The van der Waals surface area contributed by atoms with Gasteiger partial charge in [0, 0.05) is 28.6 Å². The van der Waals surface area contributed by atoms with E-state index in [1.54, 1.807) is 19.2 Å². The number of H-pyrrole nitrogens is 1. The lowest BCUT2D eigenvalue weighted by Crippen LogP contribution is -2.37. The van der Waals surface area contributed by atoms with Gasteiger partial charge in [0.15, 0.2) is 5.78 Å². The molecule has 1 fully saturated rings. The van der Waals surface area contributed by atoms with Crippen molar-refractivity contribution in [2.24, 2.45) is 5.92 Å². The summed E-state index contributed by atoms with van der Waals surface area (Å²) in [5.41, 5.74) is 3.08. The summed E-state index contributed by atoms with van der Waals surface area (Å²) in [6, 6.07) is 12.0. The second kappa shape index (κ2) is 8.78. The zero-order chi connectivity index (χ0) is 20.2. The van der Waals surface area contributed by atoms with Crippen molar-refractivity contribution in [3.8, 4) is 5.75 Å². The zero-order valence-corrected chi connectivity index (χ0v) is 16.8. The number of Topliss-reactive ketones (excluding diaryl/α,β-unsaturated/α-hetero) is 1. The molecular formula is C24H27FN2O2. The minimum Gasteiger partial charge on any atom is -0.497 e. The Hall–Kier alpha value is -2.66. The maximum absolute atomic E-state index is 13.1. The standard InChI is InChI=1S/C24H27FN2O2/c1-29-21-8-9-23-22(15-21)19(16-26-23)3-2-12-27-13-10-18(11-14-27)24(28)17-4-6-20(25)7-5-17/h4-9,15-16,18,26H,2-3,10-14H2,1H3. The molecule has 0 radical (unpaired) electrons. The number of halogens is 1. The lowest BCUT2D eigenvalue weighted by Gasteiger charge is -2.31. The number of likely N-dealkylation sites (tertiary alicyclic amines) is 1. The topological polar surface area (TPSA) is 45.3 Å². The van der Waals surface area contributed by atoms with Crippen molar-refractivity contribution in [2.75, 3.05) is 26.7 Å². The highest BCUT2D eigenvalue weighted by atomic mass is 19.1. The molecule has 0 amide bonds. The summed E-state index contributed by atoms with van der Waals surface area (Å²) >= 11 is 0. The van der Waals surface area contributed by atoms with Gasteiger partial charge in [-0.1, -0.05) is 0 Å². The van der Waals surface area contributed by atoms with Gasteiger partial charge in [-0.25, -0.2) is 4.39 Å². The van der Waals surface area contributed by atoms with Gasteiger partial charge in [-0.15, -0.1) is 0 Å². The minimum atomic E-state index is -0.301. The highest BCUT2D eigenvalue weighted by Crippen LogP contribution is 2.25. The Labute approximate surface area is 170 Å². The third kappa shape index (κ3) is 4.51. The Morgan fingerprint density at radius 2 is 1.93 bits per heavy atom. The molecule has 1 saturated heterocycles. The number of methoxy groups -OCH3 is 1. The fourth-order valence-corrected chi connectivity index (χ4v) is 4.25. The minimum absolute atomic E-state index is 0.0535. The Morgan fingerprint density at radius 3 is 2.66 bits per heavy atom. The zero-order valence-electron chi connectivity index (χ0n) is 16.8. The molecule has 29 heavy (non-hydrogen) atoms. The van der Waals surface area contributed by atoms with Crippen molar-refractivity contribution in [1.29, 1.82) is 0 Å². The predicted molar refractivity (Wildman–Crippen MR) is 113 cm³/mol. The fraction of sp³-hybridized carbons (Fsp3) is 0.375. The molecule has 4 nitrogen and oxygen atoms in total. The molecule has 1 aliphatic heterocycles. The summed E-state index contributed by atoms with van der Waals surface area (Å²) in [5, 5.41) is 1.23. The molecule has 1 N–H and O–H groups in total.